The summed E-state index contributed by atoms with van der Waals surface area (Å²) in [6.07, 6.45) is 20.6. The number of aliphatic hydroxyl groups is 1. The summed E-state index contributed by atoms with van der Waals surface area (Å²) < 4.78 is 0. The highest BCUT2D eigenvalue weighted by Gasteiger charge is 2.33. The van der Waals surface area contributed by atoms with E-state index in [1.807, 2.05) is 18.2 Å². The highest BCUT2D eigenvalue weighted by atomic mass is 16.3. The molecule has 1 aromatic carbocycles. The number of rotatable bonds is 8. The van der Waals surface area contributed by atoms with Gasteiger partial charge in [0.1, 0.15) is 0 Å². The fourth-order valence-electron chi connectivity index (χ4n) is 5.52. The zero-order valence-electron chi connectivity index (χ0n) is 18.7. The fraction of sp³-hybridized carbons (Fsp3) is 0.607. The number of benzene rings is 1. The molecule has 0 heterocycles. The van der Waals surface area contributed by atoms with Gasteiger partial charge in [-0.15, -0.1) is 0 Å². The van der Waals surface area contributed by atoms with Gasteiger partial charge in [0.05, 0.1) is 12.2 Å². The van der Waals surface area contributed by atoms with Crippen LogP contribution in [-0.2, 0) is 6.42 Å². The van der Waals surface area contributed by atoms with Gasteiger partial charge in [-0.3, -0.25) is 0 Å². The summed E-state index contributed by atoms with van der Waals surface area (Å²) in [4.78, 5) is 0. The number of allylic oxidation sites excluding steroid dienone is 4. The molecule has 1 N–H and O–H groups in total. The SMILES string of the molecule is CCCCc1ccc(C2CCC(C(O)C3CCC(C=CC=CC#N)CC3)CC2)cc1. The average molecular weight is 406 g/mol. The van der Waals surface area contributed by atoms with Crippen LogP contribution in [0.25, 0.3) is 0 Å². The van der Waals surface area contributed by atoms with Crippen LogP contribution in [0.2, 0.25) is 0 Å². The van der Waals surface area contributed by atoms with E-state index in [4.69, 9.17) is 5.26 Å². The molecule has 30 heavy (non-hydrogen) atoms. The van der Waals surface area contributed by atoms with E-state index in [1.54, 1.807) is 0 Å². The van der Waals surface area contributed by atoms with Gasteiger partial charge in [-0.25, -0.2) is 0 Å². The maximum absolute atomic E-state index is 11.0. The van der Waals surface area contributed by atoms with Crippen molar-refractivity contribution in [3.8, 4) is 6.07 Å². The van der Waals surface area contributed by atoms with Gasteiger partial charge < -0.3 is 5.11 Å². The van der Waals surface area contributed by atoms with Crippen molar-refractivity contribution in [2.24, 2.45) is 17.8 Å². The molecule has 2 fully saturated rings. The summed E-state index contributed by atoms with van der Waals surface area (Å²) in [5, 5.41) is 19.6. The van der Waals surface area contributed by atoms with Crippen molar-refractivity contribution in [2.45, 2.75) is 89.6 Å². The molecule has 0 amide bonds. The maximum atomic E-state index is 11.0. The third kappa shape index (κ3) is 6.58. The molecule has 0 aromatic heterocycles. The summed E-state index contributed by atoms with van der Waals surface area (Å²) in [7, 11) is 0. The molecule has 162 valence electrons. The van der Waals surface area contributed by atoms with Gasteiger partial charge >= 0.3 is 0 Å². The largest absolute Gasteiger partial charge is 0.393 e. The minimum Gasteiger partial charge on any atom is -0.393 e. The monoisotopic (exact) mass is 405 g/mol. The first-order chi connectivity index (χ1) is 14.7. The summed E-state index contributed by atoms with van der Waals surface area (Å²) in [5.41, 5.74) is 2.97. The lowest BCUT2D eigenvalue weighted by Gasteiger charge is -2.38. The quantitative estimate of drug-likeness (QED) is 0.370. The van der Waals surface area contributed by atoms with E-state index in [-0.39, 0.29) is 6.10 Å². The molecule has 2 aliphatic carbocycles. The molecule has 1 aromatic rings. The summed E-state index contributed by atoms with van der Waals surface area (Å²) in [6, 6.07) is 11.4. The summed E-state index contributed by atoms with van der Waals surface area (Å²) in [5.74, 6) is 2.24. The van der Waals surface area contributed by atoms with Crippen molar-refractivity contribution in [3.63, 3.8) is 0 Å². The fourth-order valence-corrected chi connectivity index (χ4v) is 5.52. The van der Waals surface area contributed by atoms with Crippen LogP contribution < -0.4 is 0 Å². The third-order valence-electron chi connectivity index (χ3n) is 7.49. The molecule has 0 spiro atoms. The first-order valence-electron chi connectivity index (χ1n) is 12.2. The van der Waals surface area contributed by atoms with Gasteiger partial charge in [0.25, 0.3) is 0 Å². The number of hydrogen-bond donors (Lipinski definition) is 1. The number of nitrogens with zero attached hydrogens (tertiary/aromatic N) is 1. The Hall–Kier alpha value is -1.85. The van der Waals surface area contributed by atoms with E-state index >= 15 is 0 Å². The van der Waals surface area contributed by atoms with Gasteiger partial charge in [0.15, 0.2) is 0 Å². The molecular weight excluding hydrogens is 366 g/mol. The van der Waals surface area contributed by atoms with Crippen LogP contribution >= 0.6 is 0 Å². The Balaban J connectivity index is 1.42. The van der Waals surface area contributed by atoms with Crippen LogP contribution in [0.15, 0.2) is 48.6 Å². The van der Waals surface area contributed by atoms with Crippen LogP contribution in [0.1, 0.15) is 88.2 Å². The molecule has 2 heteroatoms. The number of hydrogen-bond acceptors (Lipinski definition) is 2. The van der Waals surface area contributed by atoms with E-state index in [9.17, 15) is 5.11 Å². The van der Waals surface area contributed by atoms with E-state index in [1.165, 1.54) is 75.0 Å². The predicted molar refractivity (Wildman–Crippen MR) is 125 cm³/mol. The van der Waals surface area contributed by atoms with Gasteiger partial charge in [0, 0.05) is 6.08 Å². The van der Waals surface area contributed by atoms with Crippen molar-refractivity contribution < 1.29 is 5.11 Å². The topological polar surface area (TPSA) is 44.0 Å². The highest BCUT2D eigenvalue weighted by Crippen LogP contribution is 2.41. The van der Waals surface area contributed by atoms with E-state index in [2.05, 4.69) is 37.3 Å². The number of aliphatic hydroxyl groups excluding tert-OH is 1. The first kappa shape index (κ1) is 22.8. The Morgan fingerprint density at radius 2 is 1.60 bits per heavy atom. The molecule has 2 saturated carbocycles. The Labute approximate surface area is 183 Å². The van der Waals surface area contributed by atoms with Crippen molar-refractivity contribution >= 4 is 0 Å². The average Bonchev–Trinajstić information content (AvgIpc) is 2.81. The molecule has 2 nitrogen and oxygen atoms in total. The lowest BCUT2D eigenvalue weighted by atomic mass is 9.70. The van der Waals surface area contributed by atoms with E-state index in [0.717, 1.165) is 12.8 Å². The van der Waals surface area contributed by atoms with Crippen molar-refractivity contribution in [3.05, 3.63) is 59.7 Å². The van der Waals surface area contributed by atoms with Gasteiger partial charge in [-0.2, -0.15) is 5.26 Å². The van der Waals surface area contributed by atoms with Gasteiger partial charge in [-0.1, -0.05) is 55.8 Å². The Kier molecular flexibility index (Phi) is 9.22. The lowest BCUT2D eigenvalue weighted by molar-refractivity contribution is 0.0127. The smallest absolute Gasteiger partial charge is 0.0912 e. The number of aryl methyl sites for hydroxylation is 1. The zero-order valence-corrected chi connectivity index (χ0v) is 18.7. The molecular formula is C28H39NO. The lowest BCUT2D eigenvalue weighted by Crippen LogP contribution is -2.34. The third-order valence-corrected chi connectivity index (χ3v) is 7.49. The minimum atomic E-state index is -0.120. The summed E-state index contributed by atoms with van der Waals surface area (Å²) in [6.45, 7) is 2.25. The standard InChI is InChI=1S/C28H39NO/c1-2-3-7-22-9-13-24(14-10-22)25-17-19-27(20-18-25)28(30)26-15-11-23(12-16-26)8-5-4-6-21-29/h4-6,8-10,13-14,23,25-28,30H,2-3,7,11-12,15-20H2,1H3. The Morgan fingerprint density at radius 3 is 2.20 bits per heavy atom. The summed E-state index contributed by atoms with van der Waals surface area (Å²) >= 11 is 0. The molecule has 0 radical (unpaired) electrons. The molecule has 1 atom stereocenters. The molecule has 3 rings (SSSR count). The maximum Gasteiger partial charge on any atom is 0.0912 e. The van der Waals surface area contributed by atoms with Crippen molar-refractivity contribution in [2.75, 3.05) is 0 Å². The number of unbranched alkanes of at least 4 members (excludes halogenated alkanes) is 1. The Bertz CT molecular complexity index is 710. The van der Waals surface area contributed by atoms with Crippen LogP contribution in [0.5, 0.6) is 0 Å². The van der Waals surface area contributed by atoms with Gasteiger partial charge in [0.2, 0.25) is 0 Å². The molecule has 0 saturated heterocycles. The minimum absolute atomic E-state index is 0.120. The molecule has 2 aliphatic rings. The second kappa shape index (κ2) is 12.1. The molecule has 0 bridgehead atoms. The van der Waals surface area contributed by atoms with Crippen LogP contribution in [-0.4, -0.2) is 11.2 Å². The first-order valence-corrected chi connectivity index (χ1v) is 12.2. The predicted octanol–water partition coefficient (Wildman–Crippen LogP) is 7.11. The van der Waals surface area contributed by atoms with Gasteiger partial charge in [-0.05, 0) is 99.0 Å². The van der Waals surface area contributed by atoms with Crippen molar-refractivity contribution in [1.29, 1.82) is 5.26 Å². The second-order valence-electron chi connectivity index (χ2n) is 9.50. The molecule has 0 aliphatic heterocycles. The highest BCUT2D eigenvalue weighted by molar-refractivity contribution is 5.26. The van der Waals surface area contributed by atoms with Crippen LogP contribution in [0.3, 0.4) is 0 Å². The number of nitriles is 1. The van der Waals surface area contributed by atoms with Crippen LogP contribution in [0, 0.1) is 29.1 Å². The normalized spacial score (nSPS) is 28.6. The second-order valence-corrected chi connectivity index (χ2v) is 9.50. The molecule has 1 unspecified atom stereocenters. The van der Waals surface area contributed by atoms with Crippen LogP contribution in [0.4, 0.5) is 0 Å². The Morgan fingerprint density at radius 1 is 0.967 bits per heavy atom. The van der Waals surface area contributed by atoms with E-state index < -0.39 is 0 Å². The van der Waals surface area contributed by atoms with E-state index in [0.29, 0.717) is 23.7 Å². The van der Waals surface area contributed by atoms with Crippen molar-refractivity contribution in [1.82, 2.24) is 0 Å². The zero-order chi connectivity index (χ0) is 21.2.